The van der Waals surface area contributed by atoms with E-state index in [2.05, 4.69) is 25.7 Å². The molecule has 1 saturated heterocycles. The van der Waals surface area contributed by atoms with Gasteiger partial charge in [-0.2, -0.15) is 13.2 Å². The predicted octanol–water partition coefficient (Wildman–Crippen LogP) is 3.86. The molecule has 1 aromatic carbocycles. The summed E-state index contributed by atoms with van der Waals surface area (Å²) in [7, 11) is 0. The number of hydrogen-bond donors (Lipinski definition) is 1. The SMILES string of the molecule is CC(C)(C)[C@H]1CCN(Cc2ccccc2OCC(F)(F)F)C[C@@H]1O. The number of alkyl halides is 3. The standard InChI is InChI=1S/C18H26F3NO2/c1-17(2,3)14-8-9-22(11-15(14)23)10-13-6-4-5-7-16(13)24-12-18(19,20)21/h4-7,14-15,23H,8-12H2,1-3H3/t14-,15-/m0/s1. The highest BCUT2D eigenvalue weighted by Gasteiger charge is 2.35. The van der Waals surface area contributed by atoms with Crippen molar-refractivity contribution in [1.29, 1.82) is 0 Å². The molecule has 0 saturated carbocycles. The second-order valence-corrected chi connectivity index (χ2v) is 7.58. The summed E-state index contributed by atoms with van der Waals surface area (Å²) < 4.78 is 42.0. The zero-order chi connectivity index (χ0) is 18.0. The zero-order valence-electron chi connectivity index (χ0n) is 14.4. The van der Waals surface area contributed by atoms with E-state index in [1.54, 1.807) is 24.3 Å². The lowest BCUT2D eigenvalue weighted by Gasteiger charge is -2.42. The molecule has 24 heavy (non-hydrogen) atoms. The molecule has 1 fully saturated rings. The molecule has 0 bridgehead atoms. The Balaban J connectivity index is 2.00. The Morgan fingerprint density at radius 2 is 1.88 bits per heavy atom. The number of benzene rings is 1. The van der Waals surface area contributed by atoms with E-state index in [0.29, 0.717) is 18.7 Å². The smallest absolute Gasteiger partial charge is 0.422 e. The highest BCUT2D eigenvalue weighted by atomic mass is 19.4. The fourth-order valence-electron chi connectivity index (χ4n) is 3.33. The van der Waals surface area contributed by atoms with Crippen molar-refractivity contribution in [2.45, 2.75) is 46.0 Å². The summed E-state index contributed by atoms with van der Waals surface area (Å²) in [4.78, 5) is 2.07. The summed E-state index contributed by atoms with van der Waals surface area (Å²) in [5.41, 5.74) is 0.752. The van der Waals surface area contributed by atoms with E-state index in [-0.39, 0.29) is 17.1 Å². The Hall–Kier alpha value is -1.27. The van der Waals surface area contributed by atoms with Crippen molar-refractivity contribution >= 4 is 0 Å². The number of likely N-dealkylation sites (tertiary alicyclic amines) is 1. The molecule has 0 aliphatic carbocycles. The van der Waals surface area contributed by atoms with Crippen molar-refractivity contribution in [3.05, 3.63) is 29.8 Å². The first kappa shape index (κ1) is 19.1. The van der Waals surface area contributed by atoms with Gasteiger partial charge in [0.25, 0.3) is 0 Å². The third-order valence-corrected chi connectivity index (χ3v) is 4.54. The van der Waals surface area contributed by atoms with Gasteiger partial charge in [0.15, 0.2) is 6.61 Å². The van der Waals surface area contributed by atoms with Gasteiger partial charge in [-0.05, 0) is 30.4 Å². The number of halogens is 3. The molecule has 2 rings (SSSR count). The van der Waals surface area contributed by atoms with E-state index >= 15 is 0 Å². The number of ether oxygens (including phenoxy) is 1. The number of nitrogens with zero attached hydrogens (tertiary/aromatic N) is 1. The minimum absolute atomic E-state index is 0.0409. The van der Waals surface area contributed by atoms with Gasteiger partial charge in [-0.3, -0.25) is 4.90 Å². The maximum absolute atomic E-state index is 12.4. The van der Waals surface area contributed by atoms with Crippen LogP contribution in [0.5, 0.6) is 5.75 Å². The van der Waals surface area contributed by atoms with Gasteiger partial charge >= 0.3 is 6.18 Å². The number of hydrogen-bond acceptors (Lipinski definition) is 3. The lowest BCUT2D eigenvalue weighted by atomic mass is 9.73. The fourth-order valence-corrected chi connectivity index (χ4v) is 3.33. The van der Waals surface area contributed by atoms with Gasteiger partial charge in [-0.25, -0.2) is 0 Å². The predicted molar refractivity (Wildman–Crippen MR) is 86.8 cm³/mol. The lowest BCUT2D eigenvalue weighted by molar-refractivity contribution is -0.153. The summed E-state index contributed by atoms with van der Waals surface area (Å²) in [6.07, 6.45) is -3.91. The molecule has 136 valence electrons. The molecule has 0 radical (unpaired) electrons. The van der Waals surface area contributed by atoms with E-state index in [1.165, 1.54) is 0 Å². The van der Waals surface area contributed by atoms with Crippen LogP contribution < -0.4 is 4.74 Å². The Kier molecular flexibility index (Phi) is 5.81. The van der Waals surface area contributed by atoms with Crippen molar-refractivity contribution < 1.29 is 23.0 Å². The van der Waals surface area contributed by atoms with Gasteiger partial charge in [-0.15, -0.1) is 0 Å². The highest BCUT2D eigenvalue weighted by Crippen LogP contribution is 2.35. The summed E-state index contributed by atoms with van der Waals surface area (Å²) in [6, 6.07) is 6.78. The van der Waals surface area contributed by atoms with Crippen molar-refractivity contribution in [2.75, 3.05) is 19.7 Å². The van der Waals surface area contributed by atoms with Crippen LogP contribution in [0.4, 0.5) is 13.2 Å². The molecule has 1 aliphatic rings. The number of piperidine rings is 1. The molecule has 0 unspecified atom stereocenters. The van der Waals surface area contributed by atoms with Crippen LogP contribution in [0.3, 0.4) is 0 Å². The first-order chi connectivity index (χ1) is 11.1. The Morgan fingerprint density at radius 1 is 1.21 bits per heavy atom. The minimum Gasteiger partial charge on any atom is -0.484 e. The van der Waals surface area contributed by atoms with Crippen LogP contribution in [0.1, 0.15) is 32.8 Å². The third-order valence-electron chi connectivity index (χ3n) is 4.54. The van der Waals surface area contributed by atoms with Crippen molar-refractivity contribution in [1.82, 2.24) is 4.90 Å². The van der Waals surface area contributed by atoms with Crippen LogP contribution in [0, 0.1) is 11.3 Å². The molecule has 1 aromatic rings. The topological polar surface area (TPSA) is 32.7 Å². The lowest BCUT2D eigenvalue weighted by Crippen LogP contribution is -2.47. The molecule has 3 nitrogen and oxygen atoms in total. The maximum Gasteiger partial charge on any atom is 0.422 e. The van der Waals surface area contributed by atoms with Gasteiger partial charge < -0.3 is 9.84 Å². The van der Waals surface area contributed by atoms with Gasteiger partial charge in [0.1, 0.15) is 5.75 Å². The molecular weight excluding hydrogens is 319 g/mol. The van der Waals surface area contributed by atoms with Crippen molar-refractivity contribution in [3.63, 3.8) is 0 Å². The Labute approximate surface area is 141 Å². The molecule has 0 aromatic heterocycles. The average Bonchev–Trinajstić information content (AvgIpc) is 2.44. The minimum atomic E-state index is -4.35. The van der Waals surface area contributed by atoms with Gasteiger partial charge in [0, 0.05) is 18.7 Å². The monoisotopic (exact) mass is 345 g/mol. The van der Waals surface area contributed by atoms with Crippen LogP contribution in [0.15, 0.2) is 24.3 Å². The van der Waals surface area contributed by atoms with E-state index < -0.39 is 18.9 Å². The third kappa shape index (κ3) is 5.38. The summed E-state index contributed by atoms with van der Waals surface area (Å²) in [6.45, 7) is 6.88. The normalized spacial score (nSPS) is 23.3. The summed E-state index contributed by atoms with van der Waals surface area (Å²) >= 11 is 0. The molecule has 1 heterocycles. The van der Waals surface area contributed by atoms with Crippen molar-refractivity contribution in [2.24, 2.45) is 11.3 Å². The van der Waals surface area contributed by atoms with Gasteiger partial charge in [0.2, 0.25) is 0 Å². The summed E-state index contributed by atoms with van der Waals surface area (Å²) in [5, 5.41) is 10.4. The van der Waals surface area contributed by atoms with E-state index in [1.807, 2.05) is 0 Å². The Morgan fingerprint density at radius 3 is 2.46 bits per heavy atom. The van der Waals surface area contributed by atoms with Crippen LogP contribution >= 0.6 is 0 Å². The zero-order valence-corrected chi connectivity index (χ0v) is 14.4. The van der Waals surface area contributed by atoms with E-state index in [9.17, 15) is 18.3 Å². The molecule has 1 aliphatic heterocycles. The Bertz CT molecular complexity index is 540. The van der Waals surface area contributed by atoms with Gasteiger partial charge in [-0.1, -0.05) is 39.0 Å². The van der Waals surface area contributed by atoms with Crippen LogP contribution in [0.2, 0.25) is 0 Å². The van der Waals surface area contributed by atoms with E-state index in [4.69, 9.17) is 4.74 Å². The molecule has 6 heteroatoms. The number of aliphatic hydroxyl groups excluding tert-OH is 1. The number of aliphatic hydroxyl groups is 1. The summed E-state index contributed by atoms with van der Waals surface area (Å²) in [5.74, 6) is 0.479. The quantitative estimate of drug-likeness (QED) is 0.899. The van der Waals surface area contributed by atoms with Crippen LogP contribution in [-0.2, 0) is 6.54 Å². The fraction of sp³-hybridized carbons (Fsp3) is 0.667. The molecule has 1 N–H and O–H groups in total. The highest BCUT2D eigenvalue weighted by molar-refractivity contribution is 5.33. The molecular formula is C18H26F3NO2. The number of β-amino-alcohol motifs (C(OH)–C–C–N with tert-alkyl or cyclic N) is 1. The van der Waals surface area contributed by atoms with Gasteiger partial charge in [0.05, 0.1) is 6.10 Å². The average molecular weight is 345 g/mol. The number of para-hydroxylation sites is 1. The molecule has 2 atom stereocenters. The maximum atomic E-state index is 12.4. The molecule has 0 spiro atoms. The first-order valence-corrected chi connectivity index (χ1v) is 8.24. The second-order valence-electron chi connectivity index (χ2n) is 7.58. The largest absolute Gasteiger partial charge is 0.484 e. The first-order valence-electron chi connectivity index (χ1n) is 8.24. The molecule has 0 amide bonds. The van der Waals surface area contributed by atoms with E-state index in [0.717, 1.165) is 13.0 Å². The van der Waals surface area contributed by atoms with Crippen molar-refractivity contribution in [3.8, 4) is 5.75 Å². The van der Waals surface area contributed by atoms with Crippen LogP contribution in [0.25, 0.3) is 0 Å². The number of rotatable bonds is 4. The van der Waals surface area contributed by atoms with Crippen LogP contribution in [-0.4, -0.2) is 42.0 Å². The second kappa shape index (κ2) is 7.31.